The monoisotopic (exact) mass is 332 g/mol. The quantitative estimate of drug-likeness (QED) is 0.844. The second-order valence-corrected chi connectivity index (χ2v) is 5.12. The van der Waals surface area contributed by atoms with Crippen LogP contribution in [0.25, 0.3) is 0 Å². The highest BCUT2D eigenvalue weighted by atomic mass is 35.5. The Bertz CT molecular complexity index is 615. The van der Waals surface area contributed by atoms with Gasteiger partial charge in [0.1, 0.15) is 0 Å². The van der Waals surface area contributed by atoms with Crippen LogP contribution in [0.3, 0.4) is 0 Å². The predicted octanol–water partition coefficient (Wildman–Crippen LogP) is 4.91. The highest BCUT2D eigenvalue weighted by molar-refractivity contribution is 6.37. The van der Waals surface area contributed by atoms with Crippen molar-refractivity contribution in [1.82, 2.24) is 4.98 Å². The third-order valence-electron chi connectivity index (χ3n) is 2.84. The molecule has 112 valence electrons. The molecule has 0 spiro atoms. The first-order chi connectivity index (χ1) is 9.97. The maximum absolute atomic E-state index is 12.2. The Hall–Kier alpha value is -1.59. The summed E-state index contributed by atoms with van der Waals surface area (Å²) in [6.07, 6.45) is 3.46. The summed E-state index contributed by atoms with van der Waals surface area (Å²) in [4.78, 5) is 4.04. The van der Waals surface area contributed by atoms with Crippen LogP contribution in [0.15, 0.2) is 30.6 Å². The molecule has 0 saturated carbocycles. The van der Waals surface area contributed by atoms with Crippen molar-refractivity contribution in [2.45, 2.75) is 20.1 Å². The van der Waals surface area contributed by atoms with Gasteiger partial charge in [-0.1, -0.05) is 23.2 Å². The van der Waals surface area contributed by atoms with E-state index in [-0.39, 0.29) is 15.8 Å². The fraction of sp³-hybridized carbons (Fsp3) is 0.214. The second-order valence-electron chi connectivity index (χ2n) is 4.30. The minimum atomic E-state index is -2.98. The Morgan fingerprint density at radius 2 is 1.95 bits per heavy atom. The van der Waals surface area contributed by atoms with Crippen molar-refractivity contribution in [3.05, 3.63) is 51.8 Å². The van der Waals surface area contributed by atoms with E-state index in [0.29, 0.717) is 12.2 Å². The van der Waals surface area contributed by atoms with Gasteiger partial charge in [-0.3, -0.25) is 4.98 Å². The summed E-state index contributed by atoms with van der Waals surface area (Å²) < 4.78 is 28.7. The van der Waals surface area contributed by atoms with Crippen molar-refractivity contribution < 1.29 is 13.5 Å². The molecule has 1 aromatic heterocycles. The van der Waals surface area contributed by atoms with Crippen molar-refractivity contribution in [2.75, 3.05) is 5.32 Å². The van der Waals surface area contributed by atoms with Crippen LogP contribution in [-0.4, -0.2) is 11.6 Å². The molecule has 3 nitrogen and oxygen atoms in total. The molecule has 0 aliphatic rings. The molecule has 0 saturated heterocycles. The van der Waals surface area contributed by atoms with E-state index in [1.54, 1.807) is 12.4 Å². The minimum absolute atomic E-state index is 0.0215. The first-order valence-corrected chi connectivity index (χ1v) is 6.80. The molecule has 1 aromatic carbocycles. The van der Waals surface area contributed by atoms with Crippen LogP contribution in [-0.2, 0) is 6.54 Å². The number of hydrogen-bond donors (Lipinski definition) is 1. The number of nitrogens with zero attached hydrogens (tertiary/aromatic N) is 1. The van der Waals surface area contributed by atoms with Gasteiger partial charge in [-0.25, -0.2) is 0 Å². The molecule has 0 radical (unpaired) electrons. The van der Waals surface area contributed by atoms with Gasteiger partial charge in [-0.2, -0.15) is 8.78 Å². The Morgan fingerprint density at radius 1 is 1.29 bits per heavy atom. The Morgan fingerprint density at radius 3 is 2.52 bits per heavy atom. The molecular weight excluding hydrogens is 321 g/mol. The average Bonchev–Trinajstić information content (AvgIpc) is 2.42. The van der Waals surface area contributed by atoms with E-state index < -0.39 is 6.61 Å². The van der Waals surface area contributed by atoms with E-state index in [9.17, 15) is 8.78 Å². The Kier molecular flexibility index (Phi) is 5.20. The summed E-state index contributed by atoms with van der Waals surface area (Å²) in [5, 5.41) is 3.16. The maximum atomic E-state index is 12.2. The van der Waals surface area contributed by atoms with Gasteiger partial charge in [0.2, 0.25) is 0 Å². The molecule has 7 heteroatoms. The van der Waals surface area contributed by atoms with Gasteiger partial charge in [0.15, 0.2) is 5.75 Å². The molecule has 0 atom stereocenters. The second kappa shape index (κ2) is 6.91. The van der Waals surface area contributed by atoms with E-state index in [1.807, 2.05) is 13.0 Å². The molecule has 0 fully saturated rings. The van der Waals surface area contributed by atoms with Gasteiger partial charge < -0.3 is 10.1 Å². The molecule has 0 unspecified atom stereocenters. The topological polar surface area (TPSA) is 34.2 Å². The van der Waals surface area contributed by atoms with Crippen molar-refractivity contribution in [3.8, 4) is 5.75 Å². The summed E-state index contributed by atoms with van der Waals surface area (Å²) >= 11 is 11.8. The highest BCUT2D eigenvalue weighted by Crippen LogP contribution is 2.37. The number of pyridine rings is 1. The number of nitrogens with one attached hydrogen (secondary N) is 1. The number of hydrogen-bond acceptors (Lipinski definition) is 3. The summed E-state index contributed by atoms with van der Waals surface area (Å²) in [5.74, 6) is -0.226. The normalized spacial score (nSPS) is 10.8. The third kappa shape index (κ3) is 4.19. The molecule has 21 heavy (non-hydrogen) atoms. The van der Waals surface area contributed by atoms with Crippen LogP contribution in [0.4, 0.5) is 14.5 Å². The zero-order valence-corrected chi connectivity index (χ0v) is 12.6. The largest absolute Gasteiger partial charge is 0.432 e. The first kappa shape index (κ1) is 15.8. The van der Waals surface area contributed by atoms with Gasteiger partial charge in [-0.05, 0) is 36.2 Å². The van der Waals surface area contributed by atoms with E-state index in [2.05, 4.69) is 15.0 Å². The Labute approximate surface area is 130 Å². The highest BCUT2D eigenvalue weighted by Gasteiger charge is 2.14. The fourth-order valence-electron chi connectivity index (χ4n) is 1.74. The van der Waals surface area contributed by atoms with E-state index in [0.717, 1.165) is 11.1 Å². The van der Waals surface area contributed by atoms with E-state index in [4.69, 9.17) is 23.2 Å². The molecule has 0 amide bonds. The van der Waals surface area contributed by atoms with Crippen molar-refractivity contribution in [1.29, 1.82) is 0 Å². The van der Waals surface area contributed by atoms with Crippen molar-refractivity contribution >= 4 is 28.9 Å². The average molecular weight is 333 g/mol. The lowest BCUT2D eigenvalue weighted by Crippen LogP contribution is -2.05. The minimum Gasteiger partial charge on any atom is -0.432 e. The zero-order chi connectivity index (χ0) is 15.4. The lowest BCUT2D eigenvalue weighted by molar-refractivity contribution is -0.0497. The van der Waals surface area contributed by atoms with Crippen molar-refractivity contribution in [2.24, 2.45) is 0 Å². The van der Waals surface area contributed by atoms with Gasteiger partial charge in [0.25, 0.3) is 0 Å². The molecule has 0 aliphatic heterocycles. The number of anilines is 1. The summed E-state index contributed by atoms with van der Waals surface area (Å²) in [6.45, 7) is -0.489. The number of ether oxygens (including phenoxy) is 1. The molecule has 1 N–H and O–H groups in total. The summed E-state index contributed by atoms with van der Waals surface area (Å²) in [7, 11) is 0. The number of aromatic nitrogens is 1. The lowest BCUT2D eigenvalue weighted by Gasteiger charge is -2.13. The lowest BCUT2D eigenvalue weighted by atomic mass is 10.1. The molecular formula is C14H12Cl2F2N2O. The number of alkyl halides is 2. The molecule has 0 bridgehead atoms. The van der Waals surface area contributed by atoms with Crippen LogP contribution < -0.4 is 10.1 Å². The molecule has 2 aromatic rings. The number of benzene rings is 1. The van der Waals surface area contributed by atoms with Gasteiger partial charge >= 0.3 is 6.61 Å². The standard InChI is InChI=1S/C14H12Cl2F2N2O/c1-8-2-3-19-6-9(8)7-20-10-4-11(15)13(12(16)5-10)21-14(17)18/h2-6,14,20H,7H2,1H3. The molecule has 2 rings (SSSR count). The third-order valence-corrected chi connectivity index (χ3v) is 3.40. The summed E-state index contributed by atoms with van der Waals surface area (Å²) in [6, 6.07) is 4.87. The van der Waals surface area contributed by atoms with Crippen LogP contribution in [0, 0.1) is 6.92 Å². The van der Waals surface area contributed by atoms with E-state index >= 15 is 0 Å². The number of rotatable bonds is 5. The zero-order valence-electron chi connectivity index (χ0n) is 11.0. The van der Waals surface area contributed by atoms with Gasteiger partial charge in [-0.15, -0.1) is 0 Å². The van der Waals surface area contributed by atoms with Crippen LogP contribution in [0.2, 0.25) is 10.0 Å². The van der Waals surface area contributed by atoms with Crippen LogP contribution >= 0.6 is 23.2 Å². The summed E-state index contributed by atoms with van der Waals surface area (Å²) in [5.41, 5.74) is 2.71. The molecule has 1 heterocycles. The van der Waals surface area contributed by atoms with Gasteiger partial charge in [0, 0.05) is 24.6 Å². The van der Waals surface area contributed by atoms with E-state index in [1.165, 1.54) is 12.1 Å². The first-order valence-electron chi connectivity index (χ1n) is 6.04. The SMILES string of the molecule is Cc1ccncc1CNc1cc(Cl)c(OC(F)F)c(Cl)c1. The van der Waals surface area contributed by atoms with Crippen LogP contribution in [0.1, 0.15) is 11.1 Å². The fourth-order valence-corrected chi connectivity index (χ4v) is 2.32. The van der Waals surface area contributed by atoms with Gasteiger partial charge in [0.05, 0.1) is 10.0 Å². The number of halogens is 4. The Balaban J connectivity index is 2.13. The molecule has 0 aliphatic carbocycles. The maximum Gasteiger partial charge on any atom is 0.387 e. The smallest absolute Gasteiger partial charge is 0.387 e. The van der Waals surface area contributed by atoms with Crippen LogP contribution in [0.5, 0.6) is 5.75 Å². The number of aryl methyl sites for hydroxylation is 1. The van der Waals surface area contributed by atoms with Crippen molar-refractivity contribution in [3.63, 3.8) is 0 Å². The predicted molar refractivity (Wildman–Crippen MR) is 79.4 cm³/mol.